The molecule has 2 N–H and O–H groups in total. The van der Waals surface area contributed by atoms with Crippen molar-refractivity contribution in [2.24, 2.45) is 0 Å². The number of hydrogen-bond donors (Lipinski definition) is 2. The zero-order valence-corrected chi connectivity index (χ0v) is 17.1. The summed E-state index contributed by atoms with van der Waals surface area (Å²) in [6.45, 7) is 1.01. The summed E-state index contributed by atoms with van der Waals surface area (Å²) in [5.74, 6) is -2.87. The normalized spacial score (nSPS) is 25.4. The van der Waals surface area contributed by atoms with Crippen LogP contribution in [0.2, 0.25) is 10.2 Å². The van der Waals surface area contributed by atoms with Crippen molar-refractivity contribution in [1.82, 2.24) is 25.1 Å². The van der Waals surface area contributed by atoms with E-state index in [1.165, 1.54) is 6.20 Å². The molecule has 3 atom stereocenters. The number of aromatic nitrogens is 4. The third kappa shape index (κ3) is 3.48. The zero-order chi connectivity index (χ0) is 21.0. The highest BCUT2D eigenvalue weighted by atomic mass is 35.5. The van der Waals surface area contributed by atoms with Crippen LogP contribution in [0.1, 0.15) is 30.4 Å². The lowest BCUT2D eigenvalue weighted by molar-refractivity contribution is 0.0984. The largest absolute Gasteiger partial charge is 0.320 e. The molecule has 6 nitrogen and oxygen atoms in total. The lowest BCUT2D eigenvalue weighted by Gasteiger charge is -2.27. The molecule has 0 spiro atoms. The van der Waals surface area contributed by atoms with Crippen LogP contribution >= 0.6 is 23.2 Å². The van der Waals surface area contributed by atoms with Crippen molar-refractivity contribution in [3.05, 3.63) is 40.3 Å². The number of nitrogens with zero attached hydrogens (tertiary/aromatic N) is 4. The van der Waals surface area contributed by atoms with Crippen molar-refractivity contribution in [3.63, 3.8) is 0 Å². The highest BCUT2D eigenvalue weighted by Crippen LogP contribution is 2.53. The van der Waals surface area contributed by atoms with E-state index in [0.717, 1.165) is 11.2 Å². The molecular formula is C19H17Cl2F3N6. The van der Waals surface area contributed by atoms with E-state index in [1.807, 2.05) is 0 Å². The van der Waals surface area contributed by atoms with Crippen LogP contribution in [0.15, 0.2) is 24.5 Å². The monoisotopic (exact) mass is 456 g/mol. The predicted molar refractivity (Wildman–Crippen MR) is 109 cm³/mol. The second-order valence-electron chi connectivity index (χ2n) is 7.64. The maximum Gasteiger partial charge on any atom is 0.272 e. The van der Waals surface area contributed by atoms with Crippen LogP contribution in [-0.4, -0.2) is 44.9 Å². The molecule has 11 heteroatoms. The Balaban J connectivity index is 1.44. The molecule has 158 valence electrons. The van der Waals surface area contributed by atoms with Gasteiger partial charge in [0, 0.05) is 35.5 Å². The number of alkyl halides is 3. The Morgan fingerprint density at radius 1 is 1.23 bits per heavy atom. The van der Waals surface area contributed by atoms with Crippen LogP contribution in [0.25, 0.3) is 10.9 Å². The van der Waals surface area contributed by atoms with Gasteiger partial charge in [-0.15, -0.1) is 0 Å². The van der Waals surface area contributed by atoms with Gasteiger partial charge >= 0.3 is 0 Å². The molecule has 1 aromatic carbocycles. The lowest BCUT2D eigenvalue weighted by atomic mass is 9.88. The van der Waals surface area contributed by atoms with E-state index >= 15 is 0 Å². The summed E-state index contributed by atoms with van der Waals surface area (Å²) < 4.78 is 42.1. The van der Waals surface area contributed by atoms with E-state index in [-0.39, 0.29) is 30.0 Å². The van der Waals surface area contributed by atoms with Crippen LogP contribution in [-0.2, 0) is 0 Å². The van der Waals surface area contributed by atoms with Crippen molar-refractivity contribution in [2.45, 2.75) is 36.9 Å². The Bertz CT molecular complexity index is 1120. The van der Waals surface area contributed by atoms with Crippen LogP contribution < -0.4 is 10.6 Å². The summed E-state index contributed by atoms with van der Waals surface area (Å²) in [5, 5.41) is 11.1. The van der Waals surface area contributed by atoms with Crippen LogP contribution in [0.4, 0.5) is 24.8 Å². The van der Waals surface area contributed by atoms with E-state index < -0.39 is 18.1 Å². The minimum atomic E-state index is -2.79. The van der Waals surface area contributed by atoms with Gasteiger partial charge in [-0.05, 0) is 30.7 Å². The highest BCUT2D eigenvalue weighted by Gasteiger charge is 2.59. The average molecular weight is 457 g/mol. The number of piperidine rings is 1. The highest BCUT2D eigenvalue weighted by molar-refractivity contribution is 6.32. The third-order valence-corrected chi connectivity index (χ3v) is 6.28. The van der Waals surface area contributed by atoms with Gasteiger partial charge in [0.1, 0.15) is 12.2 Å². The molecule has 2 aliphatic rings. The SMILES string of the molecule is FC1CNCCC1c1cc2nc(Nc3cnn(C4CC4(F)F)c3Cl)ncc2cc1Cl. The van der Waals surface area contributed by atoms with E-state index in [4.69, 9.17) is 23.2 Å². The maximum atomic E-state index is 14.4. The van der Waals surface area contributed by atoms with Gasteiger partial charge in [0.05, 0.1) is 17.4 Å². The van der Waals surface area contributed by atoms with E-state index in [9.17, 15) is 13.2 Å². The molecule has 0 amide bonds. The quantitative estimate of drug-likeness (QED) is 0.585. The summed E-state index contributed by atoms with van der Waals surface area (Å²) in [4.78, 5) is 8.70. The van der Waals surface area contributed by atoms with Gasteiger partial charge in [-0.3, -0.25) is 0 Å². The second-order valence-corrected chi connectivity index (χ2v) is 8.41. The fourth-order valence-electron chi connectivity index (χ4n) is 3.82. The van der Waals surface area contributed by atoms with Gasteiger partial charge in [-0.2, -0.15) is 5.10 Å². The number of fused-ring (bicyclic) bond motifs is 1. The van der Waals surface area contributed by atoms with Gasteiger partial charge in [0.15, 0.2) is 5.15 Å². The molecule has 1 saturated carbocycles. The van der Waals surface area contributed by atoms with Crippen LogP contribution in [0.3, 0.4) is 0 Å². The molecule has 1 aliphatic heterocycles. The first kappa shape index (κ1) is 19.8. The summed E-state index contributed by atoms with van der Waals surface area (Å²) >= 11 is 12.6. The fourth-order valence-corrected chi connectivity index (χ4v) is 4.39. The molecule has 1 aliphatic carbocycles. The van der Waals surface area contributed by atoms with Gasteiger partial charge in [-0.1, -0.05) is 23.2 Å². The maximum absolute atomic E-state index is 14.4. The Labute approximate surface area is 179 Å². The fraction of sp³-hybridized carbons (Fsp3) is 0.421. The molecule has 0 bridgehead atoms. The van der Waals surface area contributed by atoms with Gasteiger partial charge in [-0.25, -0.2) is 27.8 Å². The standard InChI is InChI=1S/C19H17Cl2F3N6/c20-12-3-9-6-26-18(28-14(9)4-11(12)10-1-2-25-7-13(10)22)29-15-8-27-30(17(15)21)16-5-19(16,23)24/h3-4,6,8,10,13,16,25H,1-2,5,7H2,(H,26,28,29). The number of anilines is 2. The minimum absolute atomic E-state index is 0.0626. The van der Waals surface area contributed by atoms with Gasteiger partial charge in [0.25, 0.3) is 5.92 Å². The van der Waals surface area contributed by atoms with Crippen molar-refractivity contribution < 1.29 is 13.2 Å². The molecule has 3 unspecified atom stereocenters. The Hall–Kier alpha value is -2.10. The predicted octanol–water partition coefficient (Wildman–Crippen LogP) is 4.87. The second kappa shape index (κ2) is 7.25. The zero-order valence-electron chi connectivity index (χ0n) is 15.5. The Kier molecular flexibility index (Phi) is 4.79. The summed E-state index contributed by atoms with van der Waals surface area (Å²) in [6.07, 6.45) is 2.28. The first-order chi connectivity index (χ1) is 14.3. The molecule has 3 aromatic rings. The Morgan fingerprint density at radius 3 is 2.77 bits per heavy atom. The average Bonchev–Trinajstić information content (AvgIpc) is 3.19. The summed E-state index contributed by atoms with van der Waals surface area (Å²) in [5.41, 5.74) is 1.63. The Morgan fingerprint density at radius 2 is 2.03 bits per heavy atom. The molecule has 2 fully saturated rings. The number of hydrogen-bond acceptors (Lipinski definition) is 5. The summed E-state index contributed by atoms with van der Waals surface area (Å²) in [7, 11) is 0. The van der Waals surface area contributed by atoms with Crippen LogP contribution in [0, 0.1) is 0 Å². The molecule has 2 aromatic heterocycles. The topological polar surface area (TPSA) is 67.7 Å². The molecule has 3 heterocycles. The van der Waals surface area contributed by atoms with Crippen LogP contribution in [0.5, 0.6) is 0 Å². The number of halogens is 5. The van der Waals surface area contributed by atoms with Crippen molar-refractivity contribution in [2.75, 3.05) is 18.4 Å². The molecule has 30 heavy (non-hydrogen) atoms. The van der Waals surface area contributed by atoms with E-state index in [1.54, 1.807) is 18.3 Å². The van der Waals surface area contributed by atoms with E-state index in [2.05, 4.69) is 25.7 Å². The van der Waals surface area contributed by atoms with Crippen molar-refractivity contribution in [1.29, 1.82) is 0 Å². The van der Waals surface area contributed by atoms with Crippen molar-refractivity contribution >= 4 is 45.7 Å². The molecule has 5 rings (SSSR count). The van der Waals surface area contributed by atoms with E-state index in [0.29, 0.717) is 33.6 Å². The summed E-state index contributed by atoms with van der Waals surface area (Å²) in [6, 6.07) is 2.48. The first-order valence-electron chi connectivity index (χ1n) is 9.52. The number of benzene rings is 1. The lowest BCUT2D eigenvalue weighted by Crippen LogP contribution is -2.36. The molecule has 0 radical (unpaired) electrons. The third-order valence-electron chi connectivity index (χ3n) is 5.58. The minimum Gasteiger partial charge on any atom is -0.320 e. The van der Waals surface area contributed by atoms with Gasteiger partial charge < -0.3 is 10.6 Å². The number of nitrogens with one attached hydrogen (secondary N) is 2. The smallest absolute Gasteiger partial charge is 0.272 e. The molecular weight excluding hydrogens is 440 g/mol. The first-order valence-corrected chi connectivity index (χ1v) is 10.3. The molecule has 1 saturated heterocycles. The van der Waals surface area contributed by atoms with Crippen molar-refractivity contribution in [3.8, 4) is 0 Å². The van der Waals surface area contributed by atoms with Gasteiger partial charge in [0.2, 0.25) is 5.95 Å². The number of rotatable bonds is 4.